The van der Waals surface area contributed by atoms with Gasteiger partial charge in [-0.2, -0.15) is 5.10 Å². The molecule has 3 aromatic heterocycles. The van der Waals surface area contributed by atoms with E-state index in [4.69, 9.17) is 11.6 Å². The second kappa shape index (κ2) is 7.09. The summed E-state index contributed by atoms with van der Waals surface area (Å²) in [7, 11) is 0. The largest absolute Gasteiger partial charge is 0.320 e. The summed E-state index contributed by atoms with van der Waals surface area (Å²) in [5.74, 6) is 0.0655. The zero-order chi connectivity index (χ0) is 19.0. The number of nitrogens with zero attached hydrogens (tertiary/aromatic N) is 4. The number of amides is 1. The van der Waals surface area contributed by atoms with Crippen LogP contribution in [0.5, 0.6) is 0 Å². The lowest BCUT2D eigenvalue weighted by Crippen LogP contribution is -2.18. The zero-order valence-corrected chi connectivity index (χ0v) is 16.5. The van der Waals surface area contributed by atoms with Crippen LogP contribution in [-0.4, -0.2) is 25.7 Å². The number of aromatic nitrogens is 4. The van der Waals surface area contributed by atoms with Gasteiger partial charge >= 0.3 is 0 Å². The van der Waals surface area contributed by atoms with Crippen molar-refractivity contribution < 1.29 is 4.79 Å². The fraction of sp³-hybridized carbons (Fsp3) is 0.0526. The van der Waals surface area contributed by atoms with Crippen LogP contribution in [0.15, 0.2) is 59.5 Å². The number of carbonyl (C=O) groups excluding carboxylic acids is 1. The van der Waals surface area contributed by atoms with E-state index in [9.17, 15) is 4.79 Å². The summed E-state index contributed by atoms with van der Waals surface area (Å²) in [4.78, 5) is 21.5. The summed E-state index contributed by atoms with van der Waals surface area (Å²) in [5.41, 5.74) is 2.83. The van der Waals surface area contributed by atoms with Gasteiger partial charge in [-0.3, -0.25) is 9.78 Å². The lowest BCUT2D eigenvalue weighted by Gasteiger charge is -2.12. The molecule has 1 N–H and O–H groups in total. The Bertz CT molecular complexity index is 1170. The van der Waals surface area contributed by atoms with Gasteiger partial charge in [0, 0.05) is 29.5 Å². The van der Waals surface area contributed by atoms with E-state index in [-0.39, 0.29) is 5.91 Å². The molecule has 134 valence electrons. The molecule has 8 heteroatoms. The number of hydrogen-bond donors (Lipinski definition) is 1. The third-order valence-corrected chi connectivity index (χ3v) is 4.84. The molecule has 6 nitrogen and oxygen atoms in total. The highest BCUT2D eigenvalue weighted by Crippen LogP contribution is 2.26. The van der Waals surface area contributed by atoms with E-state index in [0.717, 1.165) is 16.5 Å². The smallest absolute Gasteiger partial charge is 0.274 e. The van der Waals surface area contributed by atoms with Gasteiger partial charge in [0.2, 0.25) is 0 Å². The first-order valence-corrected chi connectivity index (χ1v) is 9.24. The fourth-order valence-corrected chi connectivity index (χ4v) is 3.41. The molecule has 0 atom stereocenters. The fourth-order valence-electron chi connectivity index (χ4n) is 2.83. The molecule has 1 aromatic carbocycles. The van der Waals surface area contributed by atoms with E-state index in [0.29, 0.717) is 26.8 Å². The molecular formula is C19H13BrClN5O. The van der Waals surface area contributed by atoms with E-state index >= 15 is 0 Å². The molecular weight excluding hydrogens is 430 g/mol. The van der Waals surface area contributed by atoms with Crippen molar-refractivity contribution in [2.75, 3.05) is 5.32 Å². The summed E-state index contributed by atoms with van der Waals surface area (Å²) in [6, 6.07) is 12.6. The molecule has 0 spiro atoms. The van der Waals surface area contributed by atoms with Gasteiger partial charge < -0.3 is 5.32 Å². The van der Waals surface area contributed by atoms with E-state index in [1.807, 2.05) is 31.2 Å². The molecule has 0 fully saturated rings. The van der Waals surface area contributed by atoms with Gasteiger partial charge in [-0.1, -0.05) is 17.7 Å². The van der Waals surface area contributed by atoms with Crippen LogP contribution in [0.2, 0.25) is 5.02 Å². The molecule has 0 saturated carbocycles. The maximum atomic E-state index is 12.9. The average molecular weight is 443 g/mol. The van der Waals surface area contributed by atoms with Crippen molar-refractivity contribution in [1.29, 1.82) is 0 Å². The van der Waals surface area contributed by atoms with Gasteiger partial charge in [-0.15, -0.1) is 0 Å². The molecule has 4 aromatic rings. The van der Waals surface area contributed by atoms with Crippen molar-refractivity contribution in [3.63, 3.8) is 0 Å². The highest BCUT2D eigenvalue weighted by Gasteiger charge is 2.19. The van der Waals surface area contributed by atoms with Crippen molar-refractivity contribution in [2.45, 2.75) is 6.92 Å². The first-order chi connectivity index (χ1) is 13.0. The number of nitrogens with one attached hydrogen (secondary N) is 1. The van der Waals surface area contributed by atoms with Crippen LogP contribution < -0.4 is 5.32 Å². The Balaban J connectivity index is 1.73. The van der Waals surface area contributed by atoms with Crippen LogP contribution in [0, 0.1) is 6.92 Å². The molecule has 4 rings (SSSR count). The van der Waals surface area contributed by atoms with E-state index in [1.165, 1.54) is 4.68 Å². The number of anilines is 1. The normalized spacial score (nSPS) is 10.9. The van der Waals surface area contributed by atoms with E-state index < -0.39 is 0 Å². The minimum Gasteiger partial charge on any atom is -0.320 e. The van der Waals surface area contributed by atoms with Crippen molar-refractivity contribution in [3.8, 4) is 5.82 Å². The molecule has 27 heavy (non-hydrogen) atoms. The molecule has 0 bridgehead atoms. The number of fused-ring (bicyclic) bond motifs is 1. The quantitative estimate of drug-likeness (QED) is 0.495. The Kier molecular flexibility index (Phi) is 4.63. The Morgan fingerprint density at radius 3 is 2.74 bits per heavy atom. The third kappa shape index (κ3) is 3.31. The molecule has 0 aliphatic rings. The molecule has 0 unspecified atom stereocenters. The van der Waals surface area contributed by atoms with Crippen LogP contribution in [0.1, 0.15) is 16.1 Å². The van der Waals surface area contributed by atoms with Gasteiger partial charge in [-0.25, -0.2) is 9.67 Å². The molecule has 3 heterocycles. The highest BCUT2D eigenvalue weighted by molar-refractivity contribution is 9.10. The minimum absolute atomic E-state index is 0.313. The SMILES string of the molecule is Cc1c(NC(=O)c2cc(Br)nn2-c2ncccc2Cl)ccc2ncccc12. The minimum atomic E-state index is -0.318. The Labute approximate surface area is 168 Å². The van der Waals surface area contributed by atoms with Crippen LogP contribution >= 0.6 is 27.5 Å². The number of halogens is 2. The Morgan fingerprint density at radius 1 is 1.15 bits per heavy atom. The number of rotatable bonds is 3. The number of carbonyl (C=O) groups is 1. The lowest BCUT2D eigenvalue weighted by molar-refractivity contribution is 0.101. The summed E-state index contributed by atoms with van der Waals surface area (Å²) < 4.78 is 1.92. The van der Waals surface area contributed by atoms with Gasteiger partial charge in [0.05, 0.1) is 10.5 Å². The van der Waals surface area contributed by atoms with Crippen LogP contribution in [-0.2, 0) is 0 Å². The summed E-state index contributed by atoms with van der Waals surface area (Å²) in [6.45, 7) is 1.95. The van der Waals surface area contributed by atoms with E-state index in [2.05, 4.69) is 36.3 Å². The number of hydrogen-bond acceptors (Lipinski definition) is 4. The molecule has 0 radical (unpaired) electrons. The number of pyridine rings is 2. The third-order valence-electron chi connectivity index (χ3n) is 4.15. The standard InChI is InChI=1S/C19H13BrClN5O/c1-11-12-4-2-8-22-15(12)7-6-14(11)24-19(27)16-10-17(20)25-26(16)18-13(21)5-3-9-23-18/h2-10H,1H3,(H,24,27). The topological polar surface area (TPSA) is 72.7 Å². The summed E-state index contributed by atoms with van der Waals surface area (Å²) in [6.07, 6.45) is 3.34. The second-order valence-electron chi connectivity index (χ2n) is 5.84. The Morgan fingerprint density at radius 2 is 1.93 bits per heavy atom. The Hall–Kier alpha value is -2.77. The maximum Gasteiger partial charge on any atom is 0.274 e. The molecule has 0 saturated heterocycles. The van der Waals surface area contributed by atoms with Gasteiger partial charge in [0.15, 0.2) is 5.82 Å². The highest BCUT2D eigenvalue weighted by atomic mass is 79.9. The summed E-state index contributed by atoms with van der Waals surface area (Å²) >= 11 is 9.53. The van der Waals surface area contributed by atoms with Crippen molar-refractivity contribution >= 4 is 50.0 Å². The first-order valence-electron chi connectivity index (χ1n) is 8.07. The van der Waals surface area contributed by atoms with Crippen LogP contribution in [0.4, 0.5) is 5.69 Å². The number of aryl methyl sites for hydroxylation is 1. The predicted molar refractivity (Wildman–Crippen MR) is 109 cm³/mol. The van der Waals surface area contributed by atoms with Crippen LogP contribution in [0.25, 0.3) is 16.7 Å². The van der Waals surface area contributed by atoms with Crippen molar-refractivity contribution in [1.82, 2.24) is 19.7 Å². The molecule has 0 aliphatic heterocycles. The lowest BCUT2D eigenvalue weighted by atomic mass is 10.1. The molecule has 0 aliphatic carbocycles. The maximum absolute atomic E-state index is 12.9. The monoisotopic (exact) mass is 441 g/mol. The van der Waals surface area contributed by atoms with Crippen molar-refractivity contribution in [3.05, 3.63) is 75.7 Å². The zero-order valence-electron chi connectivity index (χ0n) is 14.1. The number of benzene rings is 1. The van der Waals surface area contributed by atoms with Crippen molar-refractivity contribution in [2.24, 2.45) is 0 Å². The van der Waals surface area contributed by atoms with E-state index in [1.54, 1.807) is 30.6 Å². The predicted octanol–water partition coefficient (Wildman–Crippen LogP) is 4.79. The second-order valence-corrected chi connectivity index (χ2v) is 7.05. The molecule has 1 amide bonds. The summed E-state index contributed by atoms with van der Waals surface area (Å²) in [5, 5.41) is 8.62. The van der Waals surface area contributed by atoms with Gasteiger partial charge in [0.1, 0.15) is 10.3 Å². The van der Waals surface area contributed by atoms with Gasteiger partial charge in [-0.05, 0) is 58.7 Å². The van der Waals surface area contributed by atoms with Crippen LogP contribution in [0.3, 0.4) is 0 Å². The van der Waals surface area contributed by atoms with Gasteiger partial charge in [0.25, 0.3) is 5.91 Å². The average Bonchev–Trinajstić information content (AvgIpc) is 3.06. The first kappa shape index (κ1) is 17.6.